The van der Waals surface area contributed by atoms with Crippen molar-refractivity contribution in [3.8, 4) is 17.2 Å². The largest absolute Gasteiger partial charge is 0.493 e. The van der Waals surface area contributed by atoms with Crippen LogP contribution in [-0.2, 0) is 0 Å². The van der Waals surface area contributed by atoms with E-state index in [4.69, 9.17) is 14.2 Å². The number of benzene rings is 2. The minimum absolute atomic E-state index is 0.479. The second-order valence-electron chi connectivity index (χ2n) is 7.61. The fourth-order valence-corrected chi connectivity index (χ4v) is 4.42. The van der Waals surface area contributed by atoms with Gasteiger partial charge in [-0.1, -0.05) is 37.1 Å². The topological polar surface area (TPSA) is 30.9 Å². The molecule has 1 fully saturated rings. The van der Waals surface area contributed by atoms with Gasteiger partial charge in [0.15, 0.2) is 11.5 Å². The van der Waals surface area contributed by atoms with Crippen LogP contribution in [-0.4, -0.2) is 31.7 Å². The van der Waals surface area contributed by atoms with Crippen LogP contribution in [0.15, 0.2) is 72.6 Å². The van der Waals surface area contributed by atoms with E-state index in [2.05, 4.69) is 35.4 Å². The molecule has 2 aromatic carbocycles. The summed E-state index contributed by atoms with van der Waals surface area (Å²) in [4.78, 5) is 2.46. The van der Waals surface area contributed by atoms with Gasteiger partial charge in [0.1, 0.15) is 11.5 Å². The van der Waals surface area contributed by atoms with E-state index in [1.165, 1.54) is 31.2 Å². The van der Waals surface area contributed by atoms with Crippen LogP contribution in [0.25, 0.3) is 0 Å². The van der Waals surface area contributed by atoms with Crippen molar-refractivity contribution in [3.63, 3.8) is 0 Å². The van der Waals surface area contributed by atoms with E-state index < -0.39 is 0 Å². The monoisotopic (exact) mass is 391 g/mol. The Morgan fingerprint density at radius 2 is 1.69 bits per heavy atom. The Hall–Kier alpha value is -2.88. The molecule has 0 radical (unpaired) electrons. The van der Waals surface area contributed by atoms with Crippen molar-refractivity contribution >= 4 is 0 Å². The van der Waals surface area contributed by atoms with Gasteiger partial charge in [0, 0.05) is 24.7 Å². The molecular weight excluding hydrogens is 362 g/mol. The number of allylic oxidation sites excluding steroid dienone is 1. The van der Waals surface area contributed by atoms with Gasteiger partial charge in [0.2, 0.25) is 0 Å². The van der Waals surface area contributed by atoms with Gasteiger partial charge in [-0.25, -0.2) is 0 Å². The quantitative estimate of drug-likeness (QED) is 0.648. The highest BCUT2D eigenvalue weighted by atomic mass is 16.5. The molecule has 2 aliphatic rings. The maximum absolute atomic E-state index is 5.98. The highest BCUT2D eigenvalue weighted by Crippen LogP contribution is 2.40. The van der Waals surface area contributed by atoms with Gasteiger partial charge in [0.25, 0.3) is 0 Å². The average Bonchev–Trinajstić information content (AvgIpc) is 2.80. The first-order valence-electron chi connectivity index (χ1n) is 10.4. The van der Waals surface area contributed by atoms with Gasteiger partial charge in [-0.2, -0.15) is 0 Å². The van der Waals surface area contributed by atoms with Crippen molar-refractivity contribution in [1.29, 1.82) is 0 Å². The first kappa shape index (κ1) is 19.4. The summed E-state index contributed by atoms with van der Waals surface area (Å²) >= 11 is 0. The zero-order chi connectivity index (χ0) is 20.1. The molecule has 0 unspecified atom stereocenters. The molecule has 2 aromatic rings. The van der Waals surface area contributed by atoms with E-state index in [0.29, 0.717) is 12.0 Å². The summed E-state index contributed by atoms with van der Waals surface area (Å²) in [7, 11) is 3.38. The summed E-state index contributed by atoms with van der Waals surface area (Å²) in [5.74, 6) is 3.86. The lowest BCUT2D eigenvalue weighted by molar-refractivity contribution is 0.200. The van der Waals surface area contributed by atoms with Gasteiger partial charge >= 0.3 is 0 Å². The zero-order valence-corrected chi connectivity index (χ0v) is 17.2. The first-order chi connectivity index (χ1) is 14.3. The first-order valence-corrected chi connectivity index (χ1v) is 10.4. The number of nitrogens with zero attached hydrogens (tertiary/aromatic N) is 1. The minimum Gasteiger partial charge on any atom is -0.493 e. The average molecular weight is 392 g/mol. The Morgan fingerprint density at radius 3 is 2.41 bits per heavy atom. The molecule has 152 valence electrons. The Kier molecular flexibility index (Phi) is 6.09. The molecule has 4 nitrogen and oxygen atoms in total. The fraction of sp³-hybridized carbons (Fsp3) is 0.360. The molecule has 0 aromatic heterocycles. The molecule has 1 heterocycles. The summed E-state index contributed by atoms with van der Waals surface area (Å²) in [6, 6.07) is 16.8. The van der Waals surface area contributed by atoms with E-state index in [1.54, 1.807) is 14.2 Å². The van der Waals surface area contributed by atoms with Crippen molar-refractivity contribution in [2.75, 3.05) is 20.8 Å². The van der Waals surface area contributed by atoms with Crippen molar-refractivity contribution in [3.05, 3.63) is 78.2 Å². The third kappa shape index (κ3) is 4.42. The summed E-state index contributed by atoms with van der Waals surface area (Å²) in [6.07, 6.45) is 11.4. The lowest BCUT2D eigenvalue weighted by Gasteiger charge is -2.40. The molecule has 0 spiro atoms. The normalized spacial score (nSPS) is 21.4. The summed E-state index contributed by atoms with van der Waals surface area (Å²) in [5, 5.41) is 0. The Balaban J connectivity index is 1.48. The molecule has 0 saturated heterocycles. The van der Waals surface area contributed by atoms with Crippen molar-refractivity contribution in [2.24, 2.45) is 0 Å². The molecule has 0 amide bonds. The lowest BCUT2D eigenvalue weighted by Crippen LogP contribution is -2.39. The molecule has 1 saturated carbocycles. The number of rotatable bonds is 6. The molecule has 1 aliphatic carbocycles. The molecule has 4 heteroatoms. The maximum Gasteiger partial charge on any atom is 0.160 e. The van der Waals surface area contributed by atoms with Crippen LogP contribution in [0.3, 0.4) is 0 Å². The minimum atomic E-state index is 0.479. The van der Waals surface area contributed by atoms with Crippen LogP contribution in [0, 0.1) is 0 Å². The van der Waals surface area contributed by atoms with E-state index >= 15 is 0 Å². The Morgan fingerprint density at radius 1 is 0.897 bits per heavy atom. The Labute approximate surface area is 173 Å². The molecule has 29 heavy (non-hydrogen) atoms. The lowest BCUT2D eigenvalue weighted by atomic mass is 9.79. The van der Waals surface area contributed by atoms with E-state index in [9.17, 15) is 0 Å². The van der Waals surface area contributed by atoms with Gasteiger partial charge in [-0.05, 0) is 54.8 Å². The van der Waals surface area contributed by atoms with Gasteiger partial charge < -0.3 is 19.1 Å². The van der Waals surface area contributed by atoms with Crippen LogP contribution in [0.1, 0.15) is 37.2 Å². The van der Waals surface area contributed by atoms with Crippen LogP contribution >= 0.6 is 0 Å². The number of para-hydroxylation sites is 1. The fourth-order valence-electron chi connectivity index (χ4n) is 4.42. The van der Waals surface area contributed by atoms with Crippen LogP contribution in [0.5, 0.6) is 17.2 Å². The molecule has 2 atom stereocenters. The maximum atomic E-state index is 5.98. The smallest absolute Gasteiger partial charge is 0.160 e. The number of hydrogen-bond acceptors (Lipinski definition) is 4. The zero-order valence-electron chi connectivity index (χ0n) is 17.2. The predicted octanol–water partition coefficient (Wildman–Crippen LogP) is 5.52. The highest BCUT2D eigenvalue weighted by Gasteiger charge is 2.31. The van der Waals surface area contributed by atoms with Crippen LogP contribution < -0.4 is 14.2 Å². The Bertz CT molecular complexity index is 875. The number of methoxy groups -OCH3 is 2. The van der Waals surface area contributed by atoms with E-state index in [-0.39, 0.29) is 0 Å². The third-order valence-corrected chi connectivity index (χ3v) is 5.90. The third-order valence-electron chi connectivity index (χ3n) is 5.90. The van der Waals surface area contributed by atoms with Gasteiger partial charge in [-0.3, -0.25) is 0 Å². The molecule has 1 aliphatic heterocycles. The van der Waals surface area contributed by atoms with Gasteiger partial charge in [0.05, 0.1) is 14.2 Å². The van der Waals surface area contributed by atoms with E-state index in [0.717, 1.165) is 29.6 Å². The van der Waals surface area contributed by atoms with E-state index in [1.807, 2.05) is 36.4 Å². The summed E-state index contributed by atoms with van der Waals surface area (Å²) in [6.45, 7) is 0.868. The standard InChI is InChI=1S/C25H29NO3/c1-27-24-13-12-19(18-25(24)28-2)22-10-6-7-11-23(22)26-16-14-21(15-17-26)29-20-8-4-3-5-9-20/h3-5,8-9,12-16,18,22-23H,6-7,10-11,17H2,1-2H3/t22-,23-/m1/s1. The van der Waals surface area contributed by atoms with Crippen molar-refractivity contribution in [2.45, 2.75) is 37.6 Å². The van der Waals surface area contributed by atoms with Crippen LogP contribution in [0.4, 0.5) is 0 Å². The SMILES string of the molecule is COc1ccc([C@H]2CCCC[C@H]2N2C=CC(Oc3ccccc3)=CC2)cc1OC. The van der Waals surface area contributed by atoms with Gasteiger partial charge in [-0.15, -0.1) is 0 Å². The van der Waals surface area contributed by atoms with Crippen molar-refractivity contribution < 1.29 is 14.2 Å². The predicted molar refractivity (Wildman–Crippen MR) is 116 cm³/mol. The second kappa shape index (κ2) is 9.08. The highest BCUT2D eigenvalue weighted by molar-refractivity contribution is 5.44. The molecular formula is C25H29NO3. The number of hydrogen-bond donors (Lipinski definition) is 0. The second-order valence-corrected chi connectivity index (χ2v) is 7.61. The summed E-state index contributed by atoms with van der Waals surface area (Å²) < 4.78 is 16.9. The van der Waals surface area contributed by atoms with Crippen LogP contribution in [0.2, 0.25) is 0 Å². The van der Waals surface area contributed by atoms with Crippen molar-refractivity contribution in [1.82, 2.24) is 4.90 Å². The number of ether oxygens (including phenoxy) is 3. The molecule has 0 bridgehead atoms. The molecule has 4 rings (SSSR count). The molecule has 0 N–H and O–H groups in total. The summed E-state index contributed by atoms with van der Waals surface area (Å²) in [5.41, 5.74) is 1.33.